The first-order chi connectivity index (χ1) is 8.38. The Morgan fingerprint density at radius 2 is 2.11 bits per heavy atom. The molecule has 0 aromatic carbocycles. The predicted octanol–water partition coefficient (Wildman–Crippen LogP) is 2.64. The minimum Gasteiger partial charge on any atom is -0.337 e. The van der Waals surface area contributed by atoms with Crippen LogP contribution in [0.5, 0.6) is 0 Å². The van der Waals surface area contributed by atoms with Crippen molar-refractivity contribution in [1.29, 1.82) is 0 Å². The van der Waals surface area contributed by atoms with Crippen molar-refractivity contribution in [2.24, 2.45) is 11.3 Å². The van der Waals surface area contributed by atoms with Crippen LogP contribution < -0.4 is 0 Å². The summed E-state index contributed by atoms with van der Waals surface area (Å²) in [4.78, 5) is 22.0. The number of carbonyl (C=O) groups is 1. The molecule has 1 amide bonds. The third-order valence-electron chi connectivity index (χ3n) is 3.54. The predicted molar refractivity (Wildman–Crippen MR) is 70.5 cm³/mol. The second-order valence-corrected chi connectivity index (χ2v) is 6.21. The van der Waals surface area contributed by atoms with E-state index in [2.05, 4.69) is 30.7 Å². The van der Waals surface area contributed by atoms with Gasteiger partial charge in [-0.15, -0.1) is 0 Å². The molecular weight excluding hydrogens is 250 g/mol. The number of carbonyl (C=O) groups excluding carboxylic acids is 1. The summed E-state index contributed by atoms with van der Waals surface area (Å²) in [5, 5.41) is 0.306. The van der Waals surface area contributed by atoms with Crippen LogP contribution in [0, 0.1) is 11.3 Å². The largest absolute Gasteiger partial charge is 0.337 e. The maximum absolute atomic E-state index is 12.2. The van der Waals surface area contributed by atoms with Crippen molar-refractivity contribution in [2.45, 2.75) is 27.2 Å². The number of likely N-dealkylation sites (tertiary alicyclic amines) is 1. The van der Waals surface area contributed by atoms with Crippen LogP contribution in [-0.4, -0.2) is 33.9 Å². The summed E-state index contributed by atoms with van der Waals surface area (Å²) in [6.45, 7) is 8.24. The van der Waals surface area contributed by atoms with Crippen molar-refractivity contribution in [2.75, 3.05) is 13.1 Å². The van der Waals surface area contributed by atoms with Crippen LogP contribution >= 0.6 is 11.6 Å². The van der Waals surface area contributed by atoms with Gasteiger partial charge in [0.15, 0.2) is 0 Å². The molecule has 18 heavy (non-hydrogen) atoms. The summed E-state index contributed by atoms with van der Waals surface area (Å²) in [5.41, 5.74) is 0.606. The van der Waals surface area contributed by atoms with Gasteiger partial charge in [-0.05, 0) is 17.8 Å². The molecule has 1 saturated heterocycles. The lowest BCUT2D eigenvalue weighted by Crippen LogP contribution is -2.31. The zero-order chi connectivity index (χ0) is 13.3. The first kappa shape index (κ1) is 13.3. The molecule has 0 aliphatic carbocycles. The van der Waals surface area contributed by atoms with Crippen LogP contribution in [0.2, 0.25) is 5.15 Å². The first-order valence-electron chi connectivity index (χ1n) is 6.15. The fraction of sp³-hybridized carbons (Fsp3) is 0.615. The van der Waals surface area contributed by atoms with Gasteiger partial charge in [-0.3, -0.25) is 4.79 Å². The molecule has 2 heterocycles. The Kier molecular flexibility index (Phi) is 3.57. The summed E-state index contributed by atoms with van der Waals surface area (Å²) in [5.74, 6) is 0.493. The summed E-state index contributed by atoms with van der Waals surface area (Å²) >= 11 is 5.66. The molecule has 1 aromatic rings. The first-order valence-corrected chi connectivity index (χ1v) is 6.52. The lowest BCUT2D eigenvalue weighted by Gasteiger charge is -2.26. The molecule has 0 N–H and O–H groups in total. The Morgan fingerprint density at radius 3 is 2.61 bits per heavy atom. The monoisotopic (exact) mass is 267 g/mol. The van der Waals surface area contributed by atoms with Gasteiger partial charge in [0.1, 0.15) is 10.8 Å². The van der Waals surface area contributed by atoms with E-state index >= 15 is 0 Å². The van der Waals surface area contributed by atoms with E-state index in [1.54, 1.807) is 0 Å². The minimum absolute atomic E-state index is 0.0501. The second-order valence-electron chi connectivity index (χ2n) is 5.83. The molecule has 0 radical (unpaired) electrons. The van der Waals surface area contributed by atoms with E-state index in [9.17, 15) is 4.79 Å². The molecule has 1 aliphatic rings. The van der Waals surface area contributed by atoms with Gasteiger partial charge >= 0.3 is 0 Å². The molecule has 1 unspecified atom stereocenters. The molecule has 5 heteroatoms. The lowest BCUT2D eigenvalue weighted by molar-refractivity contribution is 0.0770. The molecule has 2 rings (SSSR count). The maximum Gasteiger partial charge on any atom is 0.274 e. The van der Waals surface area contributed by atoms with Gasteiger partial charge in [0, 0.05) is 13.1 Å². The average molecular weight is 268 g/mol. The summed E-state index contributed by atoms with van der Waals surface area (Å²) < 4.78 is 0. The molecule has 1 aromatic heterocycles. The van der Waals surface area contributed by atoms with Crippen molar-refractivity contribution in [3.63, 3.8) is 0 Å². The van der Waals surface area contributed by atoms with Crippen LogP contribution in [-0.2, 0) is 0 Å². The molecule has 1 atom stereocenters. The van der Waals surface area contributed by atoms with E-state index in [-0.39, 0.29) is 11.3 Å². The Labute approximate surface area is 112 Å². The standard InChI is InChI=1S/C13H18ClN3O/c1-13(2,3)9-4-5-17(8-9)12(18)10-6-16-11(14)7-15-10/h6-7,9H,4-5,8H2,1-3H3. The smallest absolute Gasteiger partial charge is 0.274 e. The Hall–Kier alpha value is -1.16. The van der Waals surface area contributed by atoms with Gasteiger partial charge in [0.05, 0.1) is 12.4 Å². The summed E-state index contributed by atoms with van der Waals surface area (Å²) in [6, 6.07) is 0. The summed E-state index contributed by atoms with van der Waals surface area (Å²) in [7, 11) is 0. The molecule has 4 nitrogen and oxygen atoms in total. The Bertz CT molecular complexity index is 439. The lowest BCUT2D eigenvalue weighted by atomic mass is 9.80. The molecule has 0 spiro atoms. The maximum atomic E-state index is 12.2. The Balaban J connectivity index is 2.06. The van der Waals surface area contributed by atoms with Crippen molar-refractivity contribution >= 4 is 17.5 Å². The van der Waals surface area contributed by atoms with E-state index in [4.69, 9.17) is 11.6 Å². The average Bonchev–Trinajstić information content (AvgIpc) is 2.78. The number of aromatic nitrogens is 2. The molecule has 0 bridgehead atoms. The van der Waals surface area contributed by atoms with Gasteiger partial charge in [-0.2, -0.15) is 0 Å². The molecule has 0 saturated carbocycles. The van der Waals surface area contributed by atoms with Gasteiger partial charge in [0.2, 0.25) is 0 Å². The van der Waals surface area contributed by atoms with Crippen LogP contribution in [0.1, 0.15) is 37.7 Å². The highest BCUT2D eigenvalue weighted by Crippen LogP contribution is 2.33. The van der Waals surface area contributed by atoms with Gasteiger partial charge in [-0.1, -0.05) is 32.4 Å². The Morgan fingerprint density at radius 1 is 1.39 bits per heavy atom. The number of amides is 1. The van der Waals surface area contributed by atoms with E-state index in [0.29, 0.717) is 16.8 Å². The molecule has 1 fully saturated rings. The minimum atomic E-state index is -0.0501. The zero-order valence-electron chi connectivity index (χ0n) is 11.0. The normalized spacial score (nSPS) is 20.2. The fourth-order valence-electron chi connectivity index (χ4n) is 2.24. The van der Waals surface area contributed by atoms with E-state index in [0.717, 1.165) is 19.5 Å². The van der Waals surface area contributed by atoms with Gasteiger partial charge in [-0.25, -0.2) is 9.97 Å². The molecule has 1 aliphatic heterocycles. The van der Waals surface area contributed by atoms with Crippen LogP contribution in [0.3, 0.4) is 0 Å². The topological polar surface area (TPSA) is 46.1 Å². The van der Waals surface area contributed by atoms with Crippen molar-refractivity contribution in [3.05, 3.63) is 23.2 Å². The van der Waals surface area contributed by atoms with E-state index in [1.165, 1.54) is 12.4 Å². The second kappa shape index (κ2) is 4.84. The highest BCUT2D eigenvalue weighted by molar-refractivity contribution is 6.29. The number of hydrogen-bond donors (Lipinski definition) is 0. The van der Waals surface area contributed by atoms with Crippen LogP contribution in [0.4, 0.5) is 0 Å². The van der Waals surface area contributed by atoms with Crippen molar-refractivity contribution in [1.82, 2.24) is 14.9 Å². The van der Waals surface area contributed by atoms with Gasteiger partial charge in [0.25, 0.3) is 5.91 Å². The van der Waals surface area contributed by atoms with Crippen LogP contribution in [0.15, 0.2) is 12.4 Å². The zero-order valence-corrected chi connectivity index (χ0v) is 11.7. The SMILES string of the molecule is CC(C)(C)C1CCN(C(=O)c2cnc(Cl)cn2)C1. The van der Waals surface area contributed by atoms with E-state index < -0.39 is 0 Å². The number of rotatable bonds is 1. The number of halogens is 1. The highest BCUT2D eigenvalue weighted by atomic mass is 35.5. The highest BCUT2D eigenvalue weighted by Gasteiger charge is 2.34. The molecular formula is C13H18ClN3O. The quantitative estimate of drug-likeness (QED) is 0.786. The summed E-state index contributed by atoms with van der Waals surface area (Å²) in [6.07, 6.45) is 3.90. The van der Waals surface area contributed by atoms with Crippen LogP contribution in [0.25, 0.3) is 0 Å². The van der Waals surface area contributed by atoms with E-state index in [1.807, 2.05) is 4.90 Å². The molecule has 98 valence electrons. The fourth-order valence-corrected chi connectivity index (χ4v) is 2.33. The third-order valence-corrected chi connectivity index (χ3v) is 3.73. The number of hydrogen-bond acceptors (Lipinski definition) is 3. The number of nitrogens with zero attached hydrogens (tertiary/aromatic N) is 3. The van der Waals surface area contributed by atoms with Crippen molar-refractivity contribution < 1.29 is 4.79 Å². The van der Waals surface area contributed by atoms with Crippen molar-refractivity contribution in [3.8, 4) is 0 Å². The van der Waals surface area contributed by atoms with Gasteiger partial charge < -0.3 is 4.90 Å². The third kappa shape index (κ3) is 2.80.